The Balaban J connectivity index is 1.40. The molecule has 0 aliphatic heterocycles. The first-order valence-electron chi connectivity index (χ1n) is 8.97. The number of carbonyl (C=O) groups is 1. The maximum Gasteiger partial charge on any atom is 0.278 e. The van der Waals surface area contributed by atoms with Crippen LogP contribution in [0.15, 0.2) is 53.4 Å². The summed E-state index contributed by atoms with van der Waals surface area (Å²) in [5.74, 6) is -0.126. The van der Waals surface area contributed by atoms with Gasteiger partial charge in [0.1, 0.15) is 13.0 Å². The highest BCUT2D eigenvalue weighted by molar-refractivity contribution is 9.10. The van der Waals surface area contributed by atoms with Crippen LogP contribution in [0.3, 0.4) is 0 Å². The van der Waals surface area contributed by atoms with Gasteiger partial charge in [-0.3, -0.25) is 14.8 Å². The first-order chi connectivity index (χ1) is 14.0. The molecule has 0 saturated carbocycles. The number of nitrogens with zero attached hydrogens (tertiary/aromatic N) is 7. The molecule has 0 unspecified atom stereocenters. The van der Waals surface area contributed by atoms with Gasteiger partial charge in [0.2, 0.25) is 5.95 Å². The van der Waals surface area contributed by atoms with E-state index >= 15 is 0 Å². The van der Waals surface area contributed by atoms with Gasteiger partial charge in [-0.25, -0.2) is 14.3 Å². The summed E-state index contributed by atoms with van der Waals surface area (Å²) in [4.78, 5) is 16.6. The summed E-state index contributed by atoms with van der Waals surface area (Å²) in [6, 6.07) is 11.6. The van der Waals surface area contributed by atoms with Gasteiger partial charge in [-0.2, -0.15) is 10.2 Å². The Morgan fingerprint density at radius 2 is 1.86 bits per heavy atom. The SMILES string of the molecule is Cc1nn(Cn2ccc(C(=O)Nc3ncn(Cc4ccccc4)n3)n2)c(C)c1Br. The van der Waals surface area contributed by atoms with Gasteiger partial charge < -0.3 is 0 Å². The van der Waals surface area contributed by atoms with Crippen molar-refractivity contribution in [1.82, 2.24) is 34.3 Å². The number of aromatic nitrogens is 7. The summed E-state index contributed by atoms with van der Waals surface area (Å²) in [5.41, 5.74) is 3.29. The van der Waals surface area contributed by atoms with E-state index in [1.807, 2.05) is 48.9 Å². The van der Waals surface area contributed by atoms with E-state index in [2.05, 4.69) is 41.5 Å². The lowest BCUT2D eigenvalue weighted by Gasteiger charge is -2.04. The molecule has 10 heteroatoms. The summed E-state index contributed by atoms with van der Waals surface area (Å²) in [6.45, 7) is 4.89. The van der Waals surface area contributed by atoms with Crippen molar-refractivity contribution in [3.05, 3.63) is 76.0 Å². The van der Waals surface area contributed by atoms with Crippen molar-refractivity contribution in [2.45, 2.75) is 27.1 Å². The second-order valence-corrected chi connectivity index (χ2v) is 7.36. The number of benzene rings is 1. The molecule has 9 nitrogen and oxygen atoms in total. The Kier molecular flexibility index (Phi) is 5.26. The number of hydrogen-bond donors (Lipinski definition) is 1. The molecule has 0 bridgehead atoms. The molecule has 148 valence electrons. The fourth-order valence-electron chi connectivity index (χ4n) is 2.88. The van der Waals surface area contributed by atoms with Gasteiger partial charge in [0.25, 0.3) is 5.91 Å². The molecule has 0 atom stereocenters. The van der Waals surface area contributed by atoms with E-state index in [1.54, 1.807) is 28.0 Å². The van der Waals surface area contributed by atoms with Gasteiger partial charge >= 0.3 is 0 Å². The van der Waals surface area contributed by atoms with Gasteiger partial charge in [0.15, 0.2) is 5.69 Å². The van der Waals surface area contributed by atoms with Crippen molar-refractivity contribution in [1.29, 1.82) is 0 Å². The first-order valence-corrected chi connectivity index (χ1v) is 9.76. The second kappa shape index (κ2) is 8.00. The minimum atomic E-state index is -0.365. The number of rotatable bonds is 6. The molecule has 0 aliphatic carbocycles. The molecule has 4 aromatic rings. The summed E-state index contributed by atoms with van der Waals surface area (Å²) < 4.78 is 6.12. The average Bonchev–Trinajstić information content (AvgIpc) is 3.41. The monoisotopic (exact) mass is 454 g/mol. The quantitative estimate of drug-likeness (QED) is 0.483. The van der Waals surface area contributed by atoms with Crippen LogP contribution in [0.4, 0.5) is 5.95 Å². The van der Waals surface area contributed by atoms with Crippen LogP contribution in [0.25, 0.3) is 0 Å². The van der Waals surface area contributed by atoms with Crippen molar-refractivity contribution in [3.8, 4) is 0 Å². The number of anilines is 1. The van der Waals surface area contributed by atoms with Crippen LogP contribution in [-0.2, 0) is 13.2 Å². The number of aryl methyl sites for hydroxylation is 1. The lowest BCUT2D eigenvalue weighted by molar-refractivity contribution is 0.102. The molecular formula is C19H19BrN8O. The molecule has 0 aliphatic rings. The highest BCUT2D eigenvalue weighted by Gasteiger charge is 2.14. The summed E-state index contributed by atoms with van der Waals surface area (Å²) in [5, 5.41) is 15.7. The highest BCUT2D eigenvalue weighted by atomic mass is 79.9. The largest absolute Gasteiger partial charge is 0.288 e. The first kappa shape index (κ1) is 19.1. The Morgan fingerprint density at radius 1 is 1.07 bits per heavy atom. The number of amides is 1. The van der Waals surface area contributed by atoms with E-state index in [9.17, 15) is 4.79 Å². The maximum absolute atomic E-state index is 12.5. The van der Waals surface area contributed by atoms with Gasteiger partial charge in [0, 0.05) is 6.20 Å². The van der Waals surface area contributed by atoms with Crippen molar-refractivity contribution in [2.75, 3.05) is 5.32 Å². The predicted molar refractivity (Wildman–Crippen MR) is 111 cm³/mol. The van der Waals surface area contributed by atoms with E-state index in [-0.39, 0.29) is 17.5 Å². The molecule has 1 amide bonds. The number of nitrogens with one attached hydrogen (secondary N) is 1. The fourth-order valence-corrected chi connectivity index (χ4v) is 3.16. The Morgan fingerprint density at radius 3 is 2.59 bits per heavy atom. The minimum absolute atomic E-state index is 0.239. The van der Waals surface area contributed by atoms with Crippen molar-refractivity contribution in [3.63, 3.8) is 0 Å². The zero-order valence-corrected chi connectivity index (χ0v) is 17.5. The zero-order chi connectivity index (χ0) is 20.4. The zero-order valence-electron chi connectivity index (χ0n) is 15.9. The molecule has 0 spiro atoms. The van der Waals surface area contributed by atoms with Gasteiger partial charge in [-0.1, -0.05) is 30.3 Å². The molecule has 1 aromatic carbocycles. The lowest BCUT2D eigenvalue weighted by atomic mass is 10.2. The van der Waals surface area contributed by atoms with Gasteiger partial charge in [-0.15, -0.1) is 5.10 Å². The molecular weight excluding hydrogens is 436 g/mol. The lowest BCUT2D eigenvalue weighted by Crippen LogP contribution is -2.16. The van der Waals surface area contributed by atoms with E-state index in [4.69, 9.17) is 0 Å². The van der Waals surface area contributed by atoms with E-state index in [0.29, 0.717) is 13.2 Å². The summed E-state index contributed by atoms with van der Waals surface area (Å²) >= 11 is 3.51. The third-order valence-electron chi connectivity index (χ3n) is 4.39. The number of carbonyl (C=O) groups excluding carboxylic acids is 1. The van der Waals surface area contributed by atoms with E-state index in [1.165, 1.54) is 0 Å². The molecule has 3 heterocycles. The minimum Gasteiger partial charge on any atom is -0.288 e. The number of halogens is 1. The van der Waals surface area contributed by atoms with E-state index < -0.39 is 0 Å². The molecule has 1 N–H and O–H groups in total. The second-order valence-electron chi connectivity index (χ2n) is 6.57. The van der Waals surface area contributed by atoms with Crippen LogP contribution in [-0.4, -0.2) is 40.2 Å². The smallest absolute Gasteiger partial charge is 0.278 e. The Hall–Kier alpha value is -3.27. The predicted octanol–water partition coefficient (Wildman–Crippen LogP) is 2.86. The third kappa shape index (κ3) is 4.27. The average molecular weight is 455 g/mol. The molecule has 0 saturated heterocycles. The third-order valence-corrected chi connectivity index (χ3v) is 5.54. The van der Waals surface area contributed by atoms with Crippen LogP contribution < -0.4 is 5.32 Å². The molecule has 0 fully saturated rings. The normalized spacial score (nSPS) is 11.0. The topological polar surface area (TPSA) is 95.5 Å². The number of hydrogen-bond acceptors (Lipinski definition) is 5. The van der Waals surface area contributed by atoms with Crippen LogP contribution >= 0.6 is 15.9 Å². The molecule has 3 aromatic heterocycles. The van der Waals surface area contributed by atoms with E-state index in [0.717, 1.165) is 21.4 Å². The summed E-state index contributed by atoms with van der Waals surface area (Å²) in [7, 11) is 0. The van der Waals surface area contributed by atoms with Crippen LogP contribution in [0.1, 0.15) is 27.4 Å². The maximum atomic E-state index is 12.5. The Bertz CT molecular complexity index is 1140. The molecule has 29 heavy (non-hydrogen) atoms. The molecule has 0 radical (unpaired) electrons. The Labute approximate surface area is 175 Å². The standard InChI is InChI=1S/C19H19BrN8O/c1-13-17(20)14(2)28(23-13)12-26-9-8-16(24-26)18(29)22-19-21-11-27(25-19)10-15-6-4-3-5-7-15/h3-9,11H,10,12H2,1-2H3,(H,22,25,29). The van der Waals surface area contributed by atoms with Crippen LogP contribution in [0.5, 0.6) is 0 Å². The molecule has 4 rings (SSSR count). The van der Waals surface area contributed by atoms with Gasteiger partial charge in [-0.05, 0) is 41.4 Å². The van der Waals surface area contributed by atoms with Crippen LogP contribution in [0, 0.1) is 13.8 Å². The summed E-state index contributed by atoms with van der Waals surface area (Å²) in [6.07, 6.45) is 3.32. The highest BCUT2D eigenvalue weighted by Crippen LogP contribution is 2.19. The van der Waals surface area contributed by atoms with Crippen molar-refractivity contribution in [2.24, 2.45) is 0 Å². The fraction of sp³-hybridized carbons (Fsp3) is 0.211. The van der Waals surface area contributed by atoms with Gasteiger partial charge in [0.05, 0.1) is 22.4 Å². The van der Waals surface area contributed by atoms with Crippen molar-refractivity contribution >= 4 is 27.8 Å². The van der Waals surface area contributed by atoms with Crippen molar-refractivity contribution < 1.29 is 4.79 Å². The van der Waals surface area contributed by atoms with Crippen LogP contribution in [0.2, 0.25) is 0 Å².